The highest BCUT2D eigenvalue weighted by molar-refractivity contribution is 6.94. The lowest BCUT2D eigenvalue weighted by molar-refractivity contribution is 0.669. The standard InChI is InChI=1S/C47H29BN2O/c1-28-19-21-32(22-20-28)50-40-17-9-7-15-33(40)37-25-35(29-11-3-2-4-12-29)45-38-23-30-13-5-6-14-31(30)24-41(38)49-42-26-36-34-16-8-10-18-43(34)51-44(36)27-39(42)48(50)46(37)47(45)49/h2-27H,1H3. The number of rotatable bonds is 2. The van der Waals surface area contributed by atoms with Crippen molar-refractivity contribution in [2.45, 2.75) is 6.92 Å². The van der Waals surface area contributed by atoms with Gasteiger partial charge in [-0.25, -0.2) is 0 Å². The Morgan fingerprint density at radius 2 is 1.27 bits per heavy atom. The number of furan rings is 1. The number of hydrogen-bond donors (Lipinski definition) is 0. The third kappa shape index (κ3) is 3.58. The normalized spacial score (nSPS) is 13.1. The van der Waals surface area contributed by atoms with Crippen LogP contribution in [0.15, 0.2) is 162 Å². The highest BCUT2D eigenvalue weighted by Crippen LogP contribution is 2.49. The maximum absolute atomic E-state index is 6.62. The lowest BCUT2D eigenvalue weighted by Crippen LogP contribution is -2.60. The Balaban J connectivity index is 1.34. The maximum atomic E-state index is 6.62. The van der Waals surface area contributed by atoms with E-state index < -0.39 is 0 Å². The highest BCUT2D eigenvalue weighted by Gasteiger charge is 2.44. The van der Waals surface area contributed by atoms with E-state index in [0.717, 1.165) is 21.9 Å². The van der Waals surface area contributed by atoms with Gasteiger partial charge >= 0.3 is 6.85 Å². The van der Waals surface area contributed by atoms with Crippen LogP contribution in [-0.2, 0) is 0 Å². The minimum absolute atomic E-state index is 0.0798. The smallest absolute Gasteiger partial charge is 0.333 e. The van der Waals surface area contributed by atoms with E-state index in [0.29, 0.717) is 0 Å². The summed E-state index contributed by atoms with van der Waals surface area (Å²) in [6.07, 6.45) is 0. The van der Waals surface area contributed by atoms with Crippen LogP contribution in [0.25, 0.3) is 82.5 Å². The molecule has 2 aromatic heterocycles. The Bertz CT molecular complexity index is 3100. The van der Waals surface area contributed by atoms with Gasteiger partial charge < -0.3 is 13.8 Å². The number of fused-ring (bicyclic) bond motifs is 12. The van der Waals surface area contributed by atoms with Crippen molar-refractivity contribution in [1.82, 2.24) is 4.57 Å². The molecule has 10 aromatic rings. The van der Waals surface area contributed by atoms with Crippen LogP contribution in [0.3, 0.4) is 0 Å². The lowest BCUT2D eigenvalue weighted by Gasteiger charge is -2.42. The van der Waals surface area contributed by atoms with E-state index in [4.69, 9.17) is 4.42 Å². The van der Waals surface area contributed by atoms with Gasteiger partial charge in [-0.3, -0.25) is 0 Å². The molecule has 8 aromatic carbocycles. The van der Waals surface area contributed by atoms with E-state index >= 15 is 0 Å². The van der Waals surface area contributed by atoms with Crippen molar-refractivity contribution in [3.05, 3.63) is 163 Å². The Kier molecular flexibility index (Phi) is 5.25. The van der Waals surface area contributed by atoms with Gasteiger partial charge in [0.05, 0.1) is 11.0 Å². The first kappa shape index (κ1) is 27.3. The van der Waals surface area contributed by atoms with Crippen LogP contribution in [0, 0.1) is 6.92 Å². The average molecular weight is 649 g/mol. The molecule has 4 heterocycles. The third-order valence-electron chi connectivity index (χ3n) is 11.4. The SMILES string of the molecule is Cc1ccc(N2B3c4cc5oc6ccccc6c5cc4-n4c5cc6ccccc6cc5c5c(-c6ccccc6)cc(c3c54)-c3ccccc32)cc1. The molecule has 4 heteroatoms. The zero-order chi connectivity index (χ0) is 33.4. The summed E-state index contributed by atoms with van der Waals surface area (Å²) in [6.45, 7) is 2.08. The monoisotopic (exact) mass is 648 g/mol. The third-order valence-corrected chi connectivity index (χ3v) is 11.4. The van der Waals surface area contributed by atoms with Gasteiger partial charge in [0.1, 0.15) is 11.2 Å². The number of aryl methyl sites for hydroxylation is 1. The molecule has 0 aliphatic carbocycles. The van der Waals surface area contributed by atoms with Gasteiger partial charge in [0.25, 0.3) is 0 Å². The molecule has 51 heavy (non-hydrogen) atoms. The molecule has 0 radical (unpaired) electrons. The summed E-state index contributed by atoms with van der Waals surface area (Å²) in [4.78, 5) is 2.57. The summed E-state index contributed by atoms with van der Waals surface area (Å²) in [7, 11) is 0. The predicted molar refractivity (Wildman–Crippen MR) is 215 cm³/mol. The van der Waals surface area contributed by atoms with Crippen molar-refractivity contribution >= 4 is 83.7 Å². The molecule has 0 bridgehead atoms. The summed E-state index contributed by atoms with van der Waals surface area (Å²) in [5.74, 6) is 0. The van der Waals surface area contributed by atoms with Crippen LogP contribution in [-0.4, -0.2) is 11.4 Å². The van der Waals surface area contributed by atoms with Gasteiger partial charge in [-0.1, -0.05) is 109 Å². The van der Waals surface area contributed by atoms with E-state index in [1.807, 2.05) is 0 Å². The molecule has 0 saturated heterocycles. The fourth-order valence-corrected chi connectivity index (χ4v) is 9.17. The van der Waals surface area contributed by atoms with Crippen LogP contribution >= 0.6 is 0 Å². The largest absolute Gasteiger partial charge is 0.456 e. The van der Waals surface area contributed by atoms with E-state index in [9.17, 15) is 0 Å². The second kappa shape index (κ2) is 9.80. The molecule has 3 nitrogen and oxygen atoms in total. The lowest BCUT2D eigenvalue weighted by atomic mass is 9.43. The highest BCUT2D eigenvalue weighted by atomic mass is 16.3. The van der Waals surface area contributed by atoms with Gasteiger partial charge in [0.15, 0.2) is 0 Å². The Morgan fingerprint density at radius 1 is 0.529 bits per heavy atom. The van der Waals surface area contributed by atoms with Gasteiger partial charge in [-0.05, 0) is 99.9 Å². The first-order chi connectivity index (χ1) is 25.2. The molecular formula is C47H29BN2O. The quantitative estimate of drug-likeness (QED) is 0.174. The Morgan fingerprint density at radius 3 is 2.14 bits per heavy atom. The number of benzene rings is 8. The van der Waals surface area contributed by atoms with Crippen LogP contribution in [0.1, 0.15) is 5.56 Å². The zero-order valence-corrected chi connectivity index (χ0v) is 27.9. The topological polar surface area (TPSA) is 21.3 Å². The number of para-hydroxylation sites is 2. The van der Waals surface area contributed by atoms with Crippen molar-refractivity contribution in [1.29, 1.82) is 0 Å². The minimum Gasteiger partial charge on any atom is -0.456 e. The van der Waals surface area contributed by atoms with Crippen molar-refractivity contribution in [3.8, 4) is 27.9 Å². The molecule has 0 fully saturated rings. The molecule has 0 unspecified atom stereocenters. The first-order valence-corrected chi connectivity index (χ1v) is 17.7. The molecule has 236 valence electrons. The second-order valence-electron chi connectivity index (χ2n) is 14.2. The van der Waals surface area contributed by atoms with Crippen LogP contribution in [0.5, 0.6) is 0 Å². The molecular weight excluding hydrogens is 619 g/mol. The molecule has 12 rings (SSSR count). The van der Waals surface area contributed by atoms with E-state index in [1.54, 1.807) is 0 Å². The van der Waals surface area contributed by atoms with Gasteiger partial charge in [0.2, 0.25) is 0 Å². The molecule has 2 aliphatic heterocycles. The van der Waals surface area contributed by atoms with Crippen LogP contribution < -0.4 is 15.7 Å². The van der Waals surface area contributed by atoms with Crippen molar-refractivity contribution in [2.24, 2.45) is 0 Å². The fraction of sp³-hybridized carbons (Fsp3) is 0.0213. The minimum atomic E-state index is -0.0798. The number of anilines is 2. The number of aromatic nitrogens is 1. The summed E-state index contributed by atoms with van der Waals surface area (Å²) < 4.78 is 9.20. The number of nitrogens with zero attached hydrogens (tertiary/aromatic N) is 2. The second-order valence-corrected chi connectivity index (χ2v) is 14.2. The van der Waals surface area contributed by atoms with E-state index in [1.165, 1.54) is 88.4 Å². The molecule has 0 amide bonds. The summed E-state index contributed by atoms with van der Waals surface area (Å²) in [5.41, 5.74) is 16.8. The molecule has 0 atom stereocenters. The first-order valence-electron chi connectivity index (χ1n) is 17.7. The van der Waals surface area contributed by atoms with Gasteiger partial charge in [0, 0.05) is 44.2 Å². The van der Waals surface area contributed by atoms with Crippen molar-refractivity contribution < 1.29 is 4.42 Å². The van der Waals surface area contributed by atoms with Crippen molar-refractivity contribution in [3.63, 3.8) is 0 Å². The summed E-state index contributed by atoms with van der Waals surface area (Å²) in [6, 6.07) is 58.2. The van der Waals surface area contributed by atoms with E-state index in [-0.39, 0.29) is 6.85 Å². The van der Waals surface area contributed by atoms with E-state index in [2.05, 4.69) is 174 Å². The van der Waals surface area contributed by atoms with Crippen LogP contribution in [0.2, 0.25) is 0 Å². The summed E-state index contributed by atoms with van der Waals surface area (Å²) >= 11 is 0. The van der Waals surface area contributed by atoms with Crippen LogP contribution in [0.4, 0.5) is 11.4 Å². The molecule has 0 spiro atoms. The van der Waals surface area contributed by atoms with Crippen molar-refractivity contribution in [2.75, 3.05) is 4.81 Å². The maximum Gasteiger partial charge on any atom is 0.333 e. The molecule has 2 aliphatic rings. The number of hydrogen-bond acceptors (Lipinski definition) is 2. The van der Waals surface area contributed by atoms with Gasteiger partial charge in [-0.15, -0.1) is 0 Å². The Labute approximate surface area is 294 Å². The average Bonchev–Trinajstić information content (AvgIpc) is 3.71. The Hall–Kier alpha value is -6.52. The predicted octanol–water partition coefficient (Wildman–Crippen LogP) is 11.0. The molecule has 0 N–H and O–H groups in total. The fourth-order valence-electron chi connectivity index (χ4n) is 9.17. The zero-order valence-electron chi connectivity index (χ0n) is 27.9. The molecule has 0 saturated carbocycles. The van der Waals surface area contributed by atoms with Gasteiger partial charge in [-0.2, -0.15) is 0 Å². The summed E-state index contributed by atoms with van der Waals surface area (Å²) in [5, 5.41) is 7.35.